The Bertz CT molecular complexity index is 743. The monoisotopic (exact) mass is 451 g/mol. The third-order valence-corrected chi connectivity index (χ3v) is 5.34. The predicted molar refractivity (Wildman–Crippen MR) is 114 cm³/mol. The molecule has 0 aromatic heterocycles. The van der Waals surface area contributed by atoms with E-state index in [4.69, 9.17) is 0 Å². The molecule has 0 radical (unpaired) electrons. The van der Waals surface area contributed by atoms with Crippen molar-refractivity contribution in [1.29, 1.82) is 0 Å². The first kappa shape index (κ1) is 22.4. The van der Waals surface area contributed by atoms with Crippen molar-refractivity contribution in [2.45, 2.75) is 47.0 Å². The Morgan fingerprint density at radius 1 is 1.25 bits per heavy atom. The largest absolute Gasteiger partial charge is 0.355 e. The maximum absolute atomic E-state index is 12.5. The number of anilines is 1. The van der Waals surface area contributed by atoms with E-state index in [-0.39, 0.29) is 36.6 Å². The van der Waals surface area contributed by atoms with Crippen molar-refractivity contribution in [1.82, 2.24) is 10.2 Å². The van der Waals surface area contributed by atoms with E-state index in [0.717, 1.165) is 28.6 Å². The number of hydrogen-bond acceptors (Lipinski definition) is 3. The first-order valence-electron chi connectivity index (χ1n) is 9.71. The average molecular weight is 452 g/mol. The number of nitrogens with zero attached hydrogens (tertiary/aromatic N) is 1. The molecule has 6 nitrogen and oxygen atoms in total. The van der Waals surface area contributed by atoms with Crippen LogP contribution in [-0.2, 0) is 14.4 Å². The number of benzene rings is 1. The summed E-state index contributed by atoms with van der Waals surface area (Å²) >= 11 is 3.39. The lowest BCUT2D eigenvalue weighted by Gasteiger charge is -2.35. The van der Waals surface area contributed by atoms with Gasteiger partial charge >= 0.3 is 0 Å². The zero-order valence-electron chi connectivity index (χ0n) is 17.1. The molecule has 7 heteroatoms. The quantitative estimate of drug-likeness (QED) is 0.718. The number of aryl methyl sites for hydroxylation is 1. The van der Waals surface area contributed by atoms with E-state index in [1.165, 1.54) is 0 Å². The lowest BCUT2D eigenvalue weighted by Crippen LogP contribution is -2.48. The first-order valence-corrected chi connectivity index (χ1v) is 10.5. The Labute approximate surface area is 175 Å². The van der Waals surface area contributed by atoms with E-state index >= 15 is 0 Å². The molecule has 154 valence electrons. The molecule has 28 heavy (non-hydrogen) atoms. The number of halogens is 1. The average Bonchev–Trinajstić information content (AvgIpc) is 2.63. The lowest BCUT2D eigenvalue weighted by atomic mass is 9.91. The van der Waals surface area contributed by atoms with E-state index in [2.05, 4.69) is 26.6 Å². The molecule has 1 aliphatic heterocycles. The molecular formula is C21H30BrN3O3. The fraction of sp³-hybridized carbons (Fsp3) is 0.571. The second-order valence-electron chi connectivity index (χ2n) is 8.39. The molecule has 1 heterocycles. The number of likely N-dealkylation sites (tertiary alicyclic amines) is 1. The van der Waals surface area contributed by atoms with Gasteiger partial charge in [0.2, 0.25) is 17.7 Å². The predicted octanol–water partition coefficient (Wildman–Crippen LogP) is 3.49. The van der Waals surface area contributed by atoms with Gasteiger partial charge in [0.05, 0.1) is 5.92 Å². The van der Waals surface area contributed by atoms with Crippen molar-refractivity contribution < 1.29 is 14.4 Å². The summed E-state index contributed by atoms with van der Waals surface area (Å²) in [5, 5.41) is 5.72. The third kappa shape index (κ3) is 6.33. The molecule has 0 spiro atoms. The van der Waals surface area contributed by atoms with Gasteiger partial charge in [-0.2, -0.15) is 0 Å². The van der Waals surface area contributed by atoms with Gasteiger partial charge in [-0.3, -0.25) is 14.4 Å². The Morgan fingerprint density at radius 2 is 1.96 bits per heavy atom. The van der Waals surface area contributed by atoms with Gasteiger partial charge in [0, 0.05) is 41.6 Å². The maximum Gasteiger partial charge on any atom is 0.227 e. The molecule has 1 aromatic carbocycles. The standard InChI is InChI=1S/C21H30BrN3O3/c1-14-7-8-16(22)12-17(14)24-18(26)9-10-23-19(27)15-6-5-11-25(13-15)20(28)21(2,3)4/h7-8,12,15H,5-6,9-11,13H2,1-4H3,(H,23,27)(H,24,26). The summed E-state index contributed by atoms with van der Waals surface area (Å²) in [7, 11) is 0. The van der Waals surface area contributed by atoms with Gasteiger partial charge in [-0.1, -0.05) is 42.8 Å². The molecule has 0 saturated carbocycles. The van der Waals surface area contributed by atoms with Crippen LogP contribution >= 0.6 is 15.9 Å². The van der Waals surface area contributed by atoms with Crippen LogP contribution in [0.15, 0.2) is 22.7 Å². The van der Waals surface area contributed by atoms with E-state index in [0.29, 0.717) is 13.1 Å². The van der Waals surface area contributed by atoms with Crippen LogP contribution < -0.4 is 10.6 Å². The number of piperidine rings is 1. The highest BCUT2D eigenvalue weighted by molar-refractivity contribution is 9.10. The van der Waals surface area contributed by atoms with Crippen molar-refractivity contribution in [3.63, 3.8) is 0 Å². The van der Waals surface area contributed by atoms with Crippen LogP contribution in [0.1, 0.15) is 45.6 Å². The molecule has 1 saturated heterocycles. The van der Waals surface area contributed by atoms with Crippen molar-refractivity contribution in [2.75, 3.05) is 25.0 Å². The molecule has 1 aliphatic rings. The van der Waals surface area contributed by atoms with Crippen LogP contribution in [0, 0.1) is 18.3 Å². The van der Waals surface area contributed by atoms with Gasteiger partial charge in [0.1, 0.15) is 0 Å². The number of amides is 3. The summed E-state index contributed by atoms with van der Waals surface area (Å²) in [6, 6.07) is 5.70. The Balaban J connectivity index is 1.79. The zero-order valence-corrected chi connectivity index (χ0v) is 18.7. The Kier molecular flexibility index (Phi) is 7.63. The Morgan fingerprint density at radius 3 is 2.64 bits per heavy atom. The van der Waals surface area contributed by atoms with Crippen LogP contribution in [0.5, 0.6) is 0 Å². The van der Waals surface area contributed by atoms with Crippen LogP contribution in [-0.4, -0.2) is 42.3 Å². The summed E-state index contributed by atoms with van der Waals surface area (Å²) in [5.41, 5.74) is 1.29. The smallest absolute Gasteiger partial charge is 0.227 e. The summed E-state index contributed by atoms with van der Waals surface area (Å²) < 4.78 is 0.897. The molecule has 1 aromatic rings. The highest BCUT2D eigenvalue weighted by Crippen LogP contribution is 2.24. The van der Waals surface area contributed by atoms with Gasteiger partial charge in [-0.15, -0.1) is 0 Å². The fourth-order valence-electron chi connectivity index (χ4n) is 3.24. The van der Waals surface area contributed by atoms with Gasteiger partial charge in [0.25, 0.3) is 0 Å². The lowest BCUT2D eigenvalue weighted by molar-refractivity contribution is -0.142. The number of carbonyl (C=O) groups is 3. The van der Waals surface area contributed by atoms with Gasteiger partial charge in [0.15, 0.2) is 0 Å². The Hall–Kier alpha value is -1.89. The van der Waals surface area contributed by atoms with Crippen molar-refractivity contribution in [2.24, 2.45) is 11.3 Å². The summed E-state index contributed by atoms with van der Waals surface area (Å²) in [6.07, 6.45) is 1.79. The number of nitrogens with one attached hydrogen (secondary N) is 2. The number of hydrogen-bond donors (Lipinski definition) is 2. The molecule has 1 fully saturated rings. The molecule has 2 rings (SSSR count). The van der Waals surface area contributed by atoms with Gasteiger partial charge < -0.3 is 15.5 Å². The normalized spacial score (nSPS) is 17.2. The van der Waals surface area contributed by atoms with Crippen LogP contribution in [0.2, 0.25) is 0 Å². The van der Waals surface area contributed by atoms with Crippen molar-refractivity contribution >= 4 is 39.3 Å². The molecule has 1 atom stereocenters. The minimum Gasteiger partial charge on any atom is -0.355 e. The molecule has 3 amide bonds. The van der Waals surface area contributed by atoms with Gasteiger partial charge in [-0.25, -0.2) is 0 Å². The molecular weight excluding hydrogens is 422 g/mol. The van der Waals surface area contributed by atoms with Crippen molar-refractivity contribution in [3.05, 3.63) is 28.2 Å². The zero-order chi connectivity index (χ0) is 20.9. The van der Waals surface area contributed by atoms with E-state index in [1.807, 2.05) is 45.9 Å². The fourth-order valence-corrected chi connectivity index (χ4v) is 3.60. The second-order valence-corrected chi connectivity index (χ2v) is 9.30. The first-order chi connectivity index (χ1) is 13.1. The maximum atomic E-state index is 12.5. The SMILES string of the molecule is Cc1ccc(Br)cc1NC(=O)CCNC(=O)C1CCCN(C(=O)C(C)(C)C)C1. The van der Waals surface area contributed by atoms with Crippen molar-refractivity contribution in [3.8, 4) is 0 Å². The molecule has 0 aliphatic carbocycles. The third-order valence-electron chi connectivity index (χ3n) is 4.85. The summed E-state index contributed by atoms with van der Waals surface area (Å²) in [6.45, 7) is 9.04. The highest BCUT2D eigenvalue weighted by Gasteiger charge is 2.33. The summed E-state index contributed by atoms with van der Waals surface area (Å²) in [4.78, 5) is 38.9. The van der Waals surface area contributed by atoms with Crippen LogP contribution in [0.3, 0.4) is 0 Å². The molecule has 2 N–H and O–H groups in total. The van der Waals surface area contributed by atoms with Crippen LogP contribution in [0.25, 0.3) is 0 Å². The van der Waals surface area contributed by atoms with E-state index in [9.17, 15) is 14.4 Å². The molecule has 1 unspecified atom stereocenters. The minimum absolute atomic E-state index is 0.0776. The second kappa shape index (κ2) is 9.54. The van der Waals surface area contributed by atoms with E-state index in [1.54, 1.807) is 4.90 Å². The van der Waals surface area contributed by atoms with Crippen LogP contribution in [0.4, 0.5) is 5.69 Å². The van der Waals surface area contributed by atoms with Gasteiger partial charge in [-0.05, 0) is 37.5 Å². The summed E-state index contributed by atoms with van der Waals surface area (Å²) in [5.74, 6) is -0.364. The number of carbonyl (C=O) groups excluding carboxylic acids is 3. The van der Waals surface area contributed by atoms with E-state index < -0.39 is 5.41 Å². The minimum atomic E-state index is -0.443. The highest BCUT2D eigenvalue weighted by atomic mass is 79.9. The molecule has 0 bridgehead atoms. The number of rotatable bonds is 5. The topological polar surface area (TPSA) is 78.5 Å².